The number of nitrogens with one attached hydrogen (secondary N) is 1. The lowest BCUT2D eigenvalue weighted by Gasteiger charge is -2.15. The molecule has 1 atom stereocenters. The van der Waals surface area contributed by atoms with Crippen LogP contribution in [0.3, 0.4) is 0 Å². The van der Waals surface area contributed by atoms with E-state index in [4.69, 9.17) is 10.5 Å². The highest BCUT2D eigenvalue weighted by Crippen LogP contribution is 2.20. The minimum atomic E-state index is -0.646. The van der Waals surface area contributed by atoms with E-state index in [9.17, 15) is 4.79 Å². The highest BCUT2D eigenvalue weighted by molar-refractivity contribution is 5.94. The van der Waals surface area contributed by atoms with Gasteiger partial charge >= 0.3 is 0 Å². The molecule has 1 aromatic rings. The number of likely N-dealkylation sites (N-methyl/N-ethyl adjacent to an activating group) is 1. The zero-order valence-corrected chi connectivity index (χ0v) is 13.8. The smallest absolute Gasteiger partial charge is 0.243 e. The summed E-state index contributed by atoms with van der Waals surface area (Å²) < 4.78 is 5.39. The highest BCUT2D eigenvalue weighted by atomic mass is 16.5. The summed E-state index contributed by atoms with van der Waals surface area (Å²) in [4.78, 5) is 14.4. The third kappa shape index (κ3) is 4.80. The van der Waals surface area contributed by atoms with E-state index in [-0.39, 0.29) is 18.6 Å². The fourth-order valence-electron chi connectivity index (χ4n) is 2.52. The summed E-state index contributed by atoms with van der Waals surface area (Å²) in [6.07, 6.45) is 2.14. The van der Waals surface area contributed by atoms with Gasteiger partial charge in [-0.25, -0.2) is 0 Å². The number of hydrogen-bond acceptors (Lipinski definition) is 4. The second-order valence-corrected chi connectivity index (χ2v) is 6.26. The number of amides is 1. The average Bonchev–Trinajstić information content (AvgIpc) is 2.66. The molecule has 1 unspecified atom stereocenters. The van der Waals surface area contributed by atoms with Crippen molar-refractivity contribution in [1.29, 1.82) is 0 Å². The topological polar surface area (TPSA) is 67.6 Å². The summed E-state index contributed by atoms with van der Waals surface area (Å²) in [7, 11) is 2.14. The highest BCUT2D eigenvalue weighted by Gasteiger charge is 2.16. The van der Waals surface area contributed by atoms with Crippen LogP contribution in [0.4, 0.5) is 5.69 Å². The normalized spacial score (nSPS) is 17.0. The molecule has 5 nitrogen and oxygen atoms in total. The Morgan fingerprint density at radius 3 is 2.68 bits per heavy atom. The zero-order chi connectivity index (χ0) is 16.1. The van der Waals surface area contributed by atoms with E-state index in [1.54, 1.807) is 0 Å². The first-order chi connectivity index (χ1) is 10.5. The predicted molar refractivity (Wildman–Crippen MR) is 89.0 cm³/mol. The largest absolute Gasteiger partial charge is 0.377 e. The van der Waals surface area contributed by atoms with Crippen molar-refractivity contribution in [1.82, 2.24) is 4.90 Å². The summed E-state index contributed by atoms with van der Waals surface area (Å²) in [5, 5.41) is 2.89. The third-order valence-corrected chi connectivity index (χ3v) is 3.95. The van der Waals surface area contributed by atoms with Gasteiger partial charge < -0.3 is 20.7 Å². The molecule has 0 saturated carbocycles. The van der Waals surface area contributed by atoms with Crippen LogP contribution < -0.4 is 11.1 Å². The van der Waals surface area contributed by atoms with Gasteiger partial charge in [-0.15, -0.1) is 0 Å². The van der Waals surface area contributed by atoms with Crippen LogP contribution in [0, 0.1) is 0 Å². The van der Waals surface area contributed by atoms with Gasteiger partial charge in [-0.3, -0.25) is 4.79 Å². The first-order valence-corrected chi connectivity index (χ1v) is 7.94. The van der Waals surface area contributed by atoms with Gasteiger partial charge in [0.25, 0.3) is 0 Å². The molecule has 0 fully saturated rings. The summed E-state index contributed by atoms with van der Waals surface area (Å²) in [5.41, 5.74) is 9.35. The predicted octanol–water partition coefficient (Wildman–Crippen LogP) is 1.41. The minimum Gasteiger partial charge on any atom is -0.377 e. The number of rotatable bonds is 5. The quantitative estimate of drug-likeness (QED) is 0.863. The van der Waals surface area contributed by atoms with Crippen molar-refractivity contribution in [2.75, 3.05) is 32.1 Å². The molecule has 0 aliphatic carbocycles. The number of hydrogen-bond donors (Lipinski definition) is 2. The fourth-order valence-corrected chi connectivity index (χ4v) is 2.52. The Morgan fingerprint density at radius 2 is 2.00 bits per heavy atom. The van der Waals surface area contributed by atoms with Crippen LogP contribution in [0.15, 0.2) is 18.2 Å². The molecule has 122 valence electrons. The third-order valence-electron chi connectivity index (χ3n) is 3.95. The molecular formula is C17H27N3O2. The second-order valence-electron chi connectivity index (χ2n) is 6.26. The monoisotopic (exact) mass is 305 g/mol. The van der Waals surface area contributed by atoms with Crippen LogP contribution in [0.1, 0.15) is 25.0 Å². The summed E-state index contributed by atoms with van der Waals surface area (Å²) >= 11 is 0. The molecule has 0 bridgehead atoms. The number of carbonyl (C=O) groups is 1. The summed E-state index contributed by atoms with van der Waals surface area (Å²) in [6, 6.07) is 5.49. The van der Waals surface area contributed by atoms with Crippen LogP contribution in [0.25, 0.3) is 0 Å². The van der Waals surface area contributed by atoms with E-state index in [1.807, 2.05) is 19.9 Å². The molecule has 1 amide bonds. The average molecular weight is 305 g/mol. The molecule has 1 aliphatic heterocycles. The number of ether oxygens (including phenoxy) is 1. The molecule has 0 aromatic heterocycles. The van der Waals surface area contributed by atoms with E-state index in [2.05, 4.69) is 29.4 Å². The number of nitrogens with zero attached hydrogens (tertiary/aromatic N) is 1. The van der Waals surface area contributed by atoms with E-state index in [0.29, 0.717) is 0 Å². The minimum absolute atomic E-state index is 0.0725. The molecule has 3 N–H and O–H groups in total. The van der Waals surface area contributed by atoms with Crippen molar-refractivity contribution >= 4 is 11.6 Å². The molecule has 1 heterocycles. The van der Waals surface area contributed by atoms with E-state index in [0.717, 1.165) is 31.6 Å². The zero-order valence-electron chi connectivity index (χ0n) is 13.8. The first kappa shape index (κ1) is 16.9. The summed E-state index contributed by atoms with van der Waals surface area (Å²) in [5.74, 6) is -0.202. The van der Waals surface area contributed by atoms with Gasteiger partial charge in [0.2, 0.25) is 5.91 Å². The van der Waals surface area contributed by atoms with Gasteiger partial charge in [0.05, 0.1) is 12.7 Å². The van der Waals surface area contributed by atoms with Gasteiger partial charge in [-0.05, 0) is 57.0 Å². The molecule has 0 spiro atoms. The number of nitrogens with two attached hydrogens (primary N) is 1. The van der Waals surface area contributed by atoms with Crippen LogP contribution in [-0.4, -0.2) is 49.7 Å². The lowest BCUT2D eigenvalue weighted by Crippen LogP contribution is -2.40. The standard InChI is InChI=1S/C17H27N3O2/c1-12(2)22-11-16(18)17(21)19-15-5-4-13-6-8-20(3)9-7-14(13)10-15/h4-5,10,12,16H,6-9,11,18H2,1-3H3,(H,19,21). The van der Waals surface area contributed by atoms with Crippen LogP contribution in [0.2, 0.25) is 0 Å². The molecule has 0 saturated heterocycles. The number of benzene rings is 1. The maximum Gasteiger partial charge on any atom is 0.243 e. The van der Waals surface area contributed by atoms with Crippen LogP contribution in [0.5, 0.6) is 0 Å². The van der Waals surface area contributed by atoms with Crippen molar-refractivity contribution in [2.45, 2.75) is 38.8 Å². The summed E-state index contributed by atoms with van der Waals surface area (Å²) in [6.45, 7) is 6.21. The lowest BCUT2D eigenvalue weighted by molar-refractivity contribution is -0.119. The van der Waals surface area contributed by atoms with E-state index >= 15 is 0 Å². The molecule has 22 heavy (non-hydrogen) atoms. The van der Waals surface area contributed by atoms with Crippen molar-refractivity contribution in [3.63, 3.8) is 0 Å². The Balaban J connectivity index is 1.97. The lowest BCUT2D eigenvalue weighted by atomic mass is 10.0. The van der Waals surface area contributed by atoms with E-state index in [1.165, 1.54) is 11.1 Å². The van der Waals surface area contributed by atoms with E-state index < -0.39 is 6.04 Å². The number of carbonyl (C=O) groups excluding carboxylic acids is 1. The Bertz CT molecular complexity index is 517. The number of anilines is 1. The Morgan fingerprint density at radius 1 is 1.32 bits per heavy atom. The molecule has 1 aromatic carbocycles. The van der Waals surface area contributed by atoms with Gasteiger partial charge in [0, 0.05) is 18.8 Å². The Hall–Kier alpha value is -1.43. The van der Waals surface area contributed by atoms with Crippen LogP contribution in [-0.2, 0) is 22.4 Å². The molecular weight excluding hydrogens is 278 g/mol. The maximum absolute atomic E-state index is 12.1. The van der Waals surface area contributed by atoms with Gasteiger partial charge in [0.1, 0.15) is 6.04 Å². The molecule has 1 aliphatic rings. The fraction of sp³-hybridized carbons (Fsp3) is 0.588. The van der Waals surface area contributed by atoms with Crippen molar-refractivity contribution in [2.24, 2.45) is 5.73 Å². The number of fused-ring (bicyclic) bond motifs is 1. The second kappa shape index (κ2) is 7.72. The Labute approximate surface area is 132 Å². The van der Waals surface area contributed by atoms with Crippen molar-refractivity contribution in [3.8, 4) is 0 Å². The molecule has 5 heteroatoms. The van der Waals surface area contributed by atoms with Gasteiger partial charge in [-0.2, -0.15) is 0 Å². The molecule has 0 radical (unpaired) electrons. The molecule has 2 rings (SSSR count). The van der Waals surface area contributed by atoms with Crippen molar-refractivity contribution < 1.29 is 9.53 Å². The van der Waals surface area contributed by atoms with Gasteiger partial charge in [-0.1, -0.05) is 6.07 Å². The Kier molecular flexibility index (Phi) is 5.94. The SMILES string of the molecule is CC(C)OCC(N)C(=O)Nc1ccc2c(c1)CCN(C)CC2. The maximum atomic E-state index is 12.1. The van der Waals surface area contributed by atoms with Crippen LogP contribution >= 0.6 is 0 Å². The van der Waals surface area contributed by atoms with Gasteiger partial charge in [0.15, 0.2) is 0 Å². The first-order valence-electron chi connectivity index (χ1n) is 7.94. The van der Waals surface area contributed by atoms with Crippen molar-refractivity contribution in [3.05, 3.63) is 29.3 Å².